The minimum absolute atomic E-state index is 0.0307. The van der Waals surface area contributed by atoms with Gasteiger partial charge in [0.05, 0.1) is 5.60 Å². The van der Waals surface area contributed by atoms with Crippen LogP contribution in [-0.2, 0) is 4.79 Å². The van der Waals surface area contributed by atoms with E-state index in [2.05, 4.69) is 0 Å². The Morgan fingerprint density at radius 1 is 1.35 bits per heavy atom. The van der Waals surface area contributed by atoms with E-state index >= 15 is 0 Å². The summed E-state index contributed by atoms with van der Waals surface area (Å²) in [5.41, 5.74) is 0.131. The molecule has 1 N–H and O–H groups in total. The summed E-state index contributed by atoms with van der Waals surface area (Å²) < 4.78 is 0. The first kappa shape index (κ1) is 15.6. The Bertz CT molecular complexity index is 505. The second kappa shape index (κ2) is 5.55. The highest BCUT2D eigenvalue weighted by molar-refractivity contribution is 6.34. The Hall–Kier alpha value is -0.770. The zero-order chi connectivity index (χ0) is 15.1. The highest BCUT2D eigenvalue weighted by Crippen LogP contribution is 2.49. The van der Waals surface area contributed by atoms with Gasteiger partial charge in [0.25, 0.3) is 0 Å². The molecule has 1 amide bonds. The fourth-order valence-corrected chi connectivity index (χ4v) is 3.11. The molecule has 0 spiro atoms. The van der Waals surface area contributed by atoms with Crippen LogP contribution in [0, 0.1) is 5.92 Å². The zero-order valence-corrected chi connectivity index (χ0v) is 13.4. The summed E-state index contributed by atoms with van der Waals surface area (Å²) in [6, 6.07) is 5.41. The second-order valence-corrected chi connectivity index (χ2v) is 7.03. The van der Waals surface area contributed by atoms with Gasteiger partial charge in [0.2, 0.25) is 5.91 Å². The lowest BCUT2D eigenvalue weighted by atomic mass is 10.1. The van der Waals surface area contributed by atoms with Crippen molar-refractivity contribution in [1.82, 2.24) is 4.90 Å². The van der Waals surface area contributed by atoms with Crippen LogP contribution in [0.5, 0.6) is 0 Å². The smallest absolute Gasteiger partial charge is 0.226 e. The van der Waals surface area contributed by atoms with Crippen LogP contribution in [0.3, 0.4) is 0 Å². The third-order valence-electron chi connectivity index (χ3n) is 3.42. The summed E-state index contributed by atoms with van der Waals surface area (Å²) in [5.74, 6) is 0.216. The molecule has 1 aliphatic rings. The number of carbonyl (C=O) groups is 1. The van der Waals surface area contributed by atoms with Crippen LogP contribution >= 0.6 is 23.2 Å². The molecule has 1 aliphatic carbocycles. The monoisotopic (exact) mass is 315 g/mol. The molecule has 110 valence electrons. The fourth-order valence-electron chi connectivity index (χ4n) is 2.57. The first-order valence-corrected chi connectivity index (χ1v) is 7.36. The lowest BCUT2D eigenvalue weighted by Crippen LogP contribution is -2.40. The Morgan fingerprint density at radius 3 is 2.40 bits per heavy atom. The van der Waals surface area contributed by atoms with E-state index in [9.17, 15) is 9.90 Å². The highest BCUT2D eigenvalue weighted by atomic mass is 35.5. The third kappa shape index (κ3) is 3.87. The van der Waals surface area contributed by atoms with E-state index in [4.69, 9.17) is 23.2 Å². The number of hydrogen-bond acceptors (Lipinski definition) is 2. The van der Waals surface area contributed by atoms with E-state index < -0.39 is 5.60 Å². The van der Waals surface area contributed by atoms with Crippen LogP contribution in [0.1, 0.15) is 31.7 Å². The maximum atomic E-state index is 12.3. The molecule has 1 saturated carbocycles. The molecular formula is C15H19Cl2NO2. The van der Waals surface area contributed by atoms with Gasteiger partial charge in [-0.1, -0.05) is 23.2 Å². The van der Waals surface area contributed by atoms with Gasteiger partial charge in [-0.25, -0.2) is 0 Å². The Balaban J connectivity index is 2.02. The number of halogens is 2. The van der Waals surface area contributed by atoms with Crippen LogP contribution in [0.25, 0.3) is 0 Å². The first-order chi connectivity index (χ1) is 9.17. The highest BCUT2D eigenvalue weighted by Gasteiger charge is 2.45. The number of rotatable bonds is 4. The third-order valence-corrected chi connectivity index (χ3v) is 3.86. The predicted octanol–water partition coefficient (Wildman–Crippen LogP) is 3.33. The standard InChI is InChI=1S/C15H19Cl2NO2/c1-15(2,20)8-18(3)14(19)13-7-12(13)9-4-10(16)6-11(17)5-9/h4-6,12-13,20H,7-8H2,1-3H3. The van der Waals surface area contributed by atoms with Crippen molar-refractivity contribution in [2.45, 2.75) is 31.8 Å². The van der Waals surface area contributed by atoms with E-state index in [1.54, 1.807) is 31.9 Å². The van der Waals surface area contributed by atoms with Gasteiger partial charge >= 0.3 is 0 Å². The molecule has 0 bridgehead atoms. The van der Waals surface area contributed by atoms with Crippen molar-refractivity contribution >= 4 is 29.1 Å². The molecule has 2 atom stereocenters. The number of benzene rings is 1. The van der Waals surface area contributed by atoms with Crippen LogP contribution in [0.15, 0.2) is 18.2 Å². The van der Waals surface area contributed by atoms with Crippen LogP contribution in [-0.4, -0.2) is 35.1 Å². The average Bonchev–Trinajstić information content (AvgIpc) is 3.03. The van der Waals surface area contributed by atoms with Crippen LogP contribution in [0.2, 0.25) is 10.0 Å². The van der Waals surface area contributed by atoms with Gasteiger partial charge < -0.3 is 10.0 Å². The number of likely N-dealkylation sites (N-methyl/N-ethyl adjacent to an activating group) is 1. The molecule has 1 aromatic rings. The van der Waals surface area contributed by atoms with E-state index in [0.717, 1.165) is 12.0 Å². The first-order valence-electron chi connectivity index (χ1n) is 6.61. The van der Waals surface area contributed by atoms with Crippen molar-refractivity contribution < 1.29 is 9.90 Å². The molecule has 0 saturated heterocycles. The normalized spacial score (nSPS) is 21.7. The molecular weight excluding hydrogens is 297 g/mol. The molecule has 0 radical (unpaired) electrons. The van der Waals surface area contributed by atoms with Gasteiger partial charge in [-0.15, -0.1) is 0 Å². The van der Waals surface area contributed by atoms with Gasteiger partial charge in [0, 0.05) is 29.6 Å². The summed E-state index contributed by atoms with van der Waals surface area (Å²) in [6.07, 6.45) is 0.811. The number of aliphatic hydroxyl groups is 1. The van der Waals surface area contributed by atoms with Crippen molar-refractivity contribution in [3.63, 3.8) is 0 Å². The summed E-state index contributed by atoms with van der Waals surface area (Å²) in [6.45, 7) is 3.71. The second-order valence-electron chi connectivity index (χ2n) is 6.16. The van der Waals surface area contributed by atoms with Crippen LogP contribution in [0.4, 0.5) is 0 Å². The summed E-state index contributed by atoms with van der Waals surface area (Å²) in [7, 11) is 1.72. The lowest BCUT2D eigenvalue weighted by molar-refractivity contribution is -0.134. The van der Waals surface area contributed by atoms with Crippen molar-refractivity contribution in [2.75, 3.05) is 13.6 Å². The Labute approximate surface area is 129 Å². The van der Waals surface area contributed by atoms with Gasteiger partial charge in [-0.3, -0.25) is 4.79 Å². The molecule has 1 aromatic carbocycles. The minimum Gasteiger partial charge on any atom is -0.389 e. The van der Waals surface area contributed by atoms with Crippen molar-refractivity contribution in [3.8, 4) is 0 Å². The Morgan fingerprint density at radius 2 is 1.90 bits per heavy atom. The predicted molar refractivity (Wildman–Crippen MR) is 81.2 cm³/mol. The number of amides is 1. The lowest BCUT2D eigenvalue weighted by Gasteiger charge is -2.25. The number of hydrogen-bond donors (Lipinski definition) is 1. The molecule has 2 unspecified atom stereocenters. The number of carbonyl (C=O) groups excluding carboxylic acids is 1. The maximum Gasteiger partial charge on any atom is 0.226 e. The van der Waals surface area contributed by atoms with Crippen molar-refractivity contribution in [1.29, 1.82) is 0 Å². The molecule has 3 nitrogen and oxygen atoms in total. The maximum absolute atomic E-state index is 12.3. The summed E-state index contributed by atoms with van der Waals surface area (Å²) in [5, 5.41) is 11.0. The molecule has 1 fully saturated rings. The molecule has 2 rings (SSSR count). The van der Waals surface area contributed by atoms with Crippen molar-refractivity contribution in [3.05, 3.63) is 33.8 Å². The van der Waals surface area contributed by atoms with Gasteiger partial charge in [0.15, 0.2) is 0 Å². The van der Waals surface area contributed by atoms with Crippen LogP contribution < -0.4 is 0 Å². The molecule has 0 aromatic heterocycles. The summed E-state index contributed by atoms with van der Waals surface area (Å²) >= 11 is 12.0. The fraction of sp³-hybridized carbons (Fsp3) is 0.533. The molecule has 0 heterocycles. The van der Waals surface area contributed by atoms with Gasteiger partial charge in [0.1, 0.15) is 0 Å². The zero-order valence-electron chi connectivity index (χ0n) is 11.9. The van der Waals surface area contributed by atoms with Gasteiger partial charge in [-0.2, -0.15) is 0 Å². The number of nitrogens with zero attached hydrogens (tertiary/aromatic N) is 1. The Kier molecular flexibility index (Phi) is 4.33. The average molecular weight is 316 g/mol. The molecule has 20 heavy (non-hydrogen) atoms. The summed E-state index contributed by atoms with van der Waals surface area (Å²) in [4.78, 5) is 13.9. The molecule has 0 aliphatic heterocycles. The topological polar surface area (TPSA) is 40.5 Å². The van der Waals surface area contributed by atoms with E-state index in [1.807, 2.05) is 12.1 Å². The van der Waals surface area contributed by atoms with Crippen molar-refractivity contribution in [2.24, 2.45) is 5.92 Å². The van der Waals surface area contributed by atoms with Gasteiger partial charge in [-0.05, 0) is 49.9 Å². The van der Waals surface area contributed by atoms with E-state index in [1.165, 1.54) is 0 Å². The van der Waals surface area contributed by atoms with E-state index in [-0.39, 0.29) is 17.7 Å². The largest absolute Gasteiger partial charge is 0.389 e. The minimum atomic E-state index is -0.881. The van der Waals surface area contributed by atoms with E-state index in [0.29, 0.717) is 16.6 Å². The quantitative estimate of drug-likeness (QED) is 0.925. The molecule has 5 heteroatoms. The SMILES string of the molecule is CN(CC(C)(C)O)C(=O)C1CC1c1cc(Cl)cc(Cl)c1.